The standard InChI is InChI=1S/C11H25N/c1-5-9-10-12-11(6-2,7-3)8-4/h12H,5-10H2,1-4H3. The Bertz CT molecular complexity index is 86.9. The highest BCUT2D eigenvalue weighted by Crippen LogP contribution is 2.18. The molecule has 1 N–H and O–H groups in total. The Balaban J connectivity index is 3.76. The zero-order chi connectivity index (χ0) is 9.45. The lowest BCUT2D eigenvalue weighted by molar-refractivity contribution is 0.289. The molecule has 0 aromatic rings. The summed E-state index contributed by atoms with van der Waals surface area (Å²) in [5, 5.41) is 3.68. The van der Waals surface area contributed by atoms with Gasteiger partial charge in [0, 0.05) is 5.54 Å². The molecule has 0 aromatic heterocycles. The van der Waals surface area contributed by atoms with E-state index in [-0.39, 0.29) is 0 Å². The first-order valence-corrected chi connectivity index (χ1v) is 5.49. The van der Waals surface area contributed by atoms with E-state index >= 15 is 0 Å². The van der Waals surface area contributed by atoms with Gasteiger partial charge in [-0.25, -0.2) is 0 Å². The van der Waals surface area contributed by atoms with Crippen molar-refractivity contribution < 1.29 is 0 Å². The van der Waals surface area contributed by atoms with Crippen LogP contribution in [0.15, 0.2) is 0 Å². The van der Waals surface area contributed by atoms with Crippen molar-refractivity contribution in [3.05, 3.63) is 0 Å². The summed E-state index contributed by atoms with van der Waals surface area (Å²) < 4.78 is 0. The van der Waals surface area contributed by atoms with Gasteiger partial charge in [-0.3, -0.25) is 0 Å². The molecule has 0 rings (SSSR count). The van der Waals surface area contributed by atoms with E-state index in [1.54, 1.807) is 0 Å². The fourth-order valence-corrected chi connectivity index (χ4v) is 1.66. The van der Waals surface area contributed by atoms with Crippen LogP contribution in [0.2, 0.25) is 0 Å². The second-order valence-electron chi connectivity index (χ2n) is 3.62. The van der Waals surface area contributed by atoms with Crippen LogP contribution in [0.1, 0.15) is 59.8 Å². The van der Waals surface area contributed by atoms with Crippen molar-refractivity contribution in [2.45, 2.75) is 65.3 Å². The number of rotatable bonds is 7. The van der Waals surface area contributed by atoms with Crippen LogP contribution in [0, 0.1) is 0 Å². The Morgan fingerprint density at radius 2 is 1.42 bits per heavy atom. The molecule has 1 nitrogen and oxygen atoms in total. The van der Waals surface area contributed by atoms with Crippen molar-refractivity contribution in [2.75, 3.05) is 6.54 Å². The minimum Gasteiger partial charge on any atom is -0.311 e. The number of hydrogen-bond acceptors (Lipinski definition) is 1. The predicted molar refractivity (Wildman–Crippen MR) is 56.5 cm³/mol. The summed E-state index contributed by atoms with van der Waals surface area (Å²) in [5.74, 6) is 0. The first-order valence-electron chi connectivity index (χ1n) is 5.49. The Morgan fingerprint density at radius 3 is 1.75 bits per heavy atom. The molecule has 0 heterocycles. The zero-order valence-electron chi connectivity index (χ0n) is 9.24. The van der Waals surface area contributed by atoms with Crippen molar-refractivity contribution in [3.8, 4) is 0 Å². The Kier molecular flexibility index (Phi) is 6.45. The van der Waals surface area contributed by atoms with E-state index in [1.165, 1.54) is 38.6 Å². The first-order chi connectivity index (χ1) is 5.74. The summed E-state index contributed by atoms with van der Waals surface area (Å²) in [4.78, 5) is 0. The maximum Gasteiger partial charge on any atom is 0.0173 e. The van der Waals surface area contributed by atoms with Gasteiger partial charge in [0.05, 0.1) is 0 Å². The summed E-state index contributed by atoms with van der Waals surface area (Å²) in [7, 11) is 0. The third-order valence-electron chi connectivity index (χ3n) is 3.06. The molecule has 0 fully saturated rings. The summed E-state index contributed by atoms with van der Waals surface area (Å²) in [6.45, 7) is 10.3. The monoisotopic (exact) mass is 171 g/mol. The van der Waals surface area contributed by atoms with Gasteiger partial charge in [-0.15, -0.1) is 0 Å². The lowest BCUT2D eigenvalue weighted by Crippen LogP contribution is -2.43. The molecule has 0 unspecified atom stereocenters. The molecule has 0 aliphatic heterocycles. The minimum absolute atomic E-state index is 0.426. The third-order valence-corrected chi connectivity index (χ3v) is 3.06. The molecule has 0 aliphatic carbocycles. The van der Waals surface area contributed by atoms with Gasteiger partial charge in [-0.05, 0) is 32.2 Å². The SMILES string of the molecule is CCCCNC(CC)(CC)CC. The predicted octanol–water partition coefficient (Wildman–Crippen LogP) is 3.34. The molecule has 1 heteroatoms. The van der Waals surface area contributed by atoms with E-state index in [0.717, 1.165) is 0 Å². The van der Waals surface area contributed by atoms with Crippen molar-refractivity contribution in [1.82, 2.24) is 5.32 Å². The van der Waals surface area contributed by atoms with Gasteiger partial charge in [-0.2, -0.15) is 0 Å². The molecule has 74 valence electrons. The second-order valence-corrected chi connectivity index (χ2v) is 3.62. The molecule has 0 spiro atoms. The van der Waals surface area contributed by atoms with Crippen LogP contribution in [0.4, 0.5) is 0 Å². The van der Waals surface area contributed by atoms with Gasteiger partial charge in [0.15, 0.2) is 0 Å². The molecule has 0 radical (unpaired) electrons. The van der Waals surface area contributed by atoms with E-state index in [4.69, 9.17) is 0 Å². The fourth-order valence-electron chi connectivity index (χ4n) is 1.66. The average molecular weight is 171 g/mol. The number of hydrogen-bond donors (Lipinski definition) is 1. The molecule has 0 atom stereocenters. The van der Waals surface area contributed by atoms with Crippen LogP contribution in [-0.4, -0.2) is 12.1 Å². The van der Waals surface area contributed by atoms with Crippen molar-refractivity contribution in [3.63, 3.8) is 0 Å². The van der Waals surface area contributed by atoms with E-state index < -0.39 is 0 Å². The van der Waals surface area contributed by atoms with Gasteiger partial charge >= 0.3 is 0 Å². The quantitative estimate of drug-likeness (QED) is 0.579. The zero-order valence-corrected chi connectivity index (χ0v) is 9.24. The second kappa shape index (κ2) is 6.47. The normalized spacial score (nSPS) is 12.0. The molecule has 0 saturated carbocycles. The lowest BCUT2D eigenvalue weighted by atomic mass is 9.90. The van der Waals surface area contributed by atoms with Gasteiger partial charge in [0.2, 0.25) is 0 Å². The van der Waals surface area contributed by atoms with E-state index in [2.05, 4.69) is 33.0 Å². The van der Waals surface area contributed by atoms with Gasteiger partial charge in [0.1, 0.15) is 0 Å². The van der Waals surface area contributed by atoms with E-state index in [1.807, 2.05) is 0 Å². The Labute approximate surface area is 77.9 Å². The van der Waals surface area contributed by atoms with Gasteiger partial charge < -0.3 is 5.32 Å². The van der Waals surface area contributed by atoms with Gasteiger partial charge in [-0.1, -0.05) is 34.1 Å². The maximum absolute atomic E-state index is 3.68. The highest BCUT2D eigenvalue weighted by Gasteiger charge is 2.21. The van der Waals surface area contributed by atoms with Gasteiger partial charge in [0.25, 0.3) is 0 Å². The summed E-state index contributed by atoms with van der Waals surface area (Å²) in [6.07, 6.45) is 6.36. The highest BCUT2D eigenvalue weighted by molar-refractivity contribution is 4.83. The van der Waals surface area contributed by atoms with Crippen molar-refractivity contribution in [1.29, 1.82) is 0 Å². The molecule has 0 aromatic carbocycles. The molecular weight excluding hydrogens is 146 g/mol. The summed E-state index contributed by atoms with van der Waals surface area (Å²) in [6, 6.07) is 0. The van der Waals surface area contributed by atoms with E-state index in [9.17, 15) is 0 Å². The topological polar surface area (TPSA) is 12.0 Å². The van der Waals surface area contributed by atoms with Crippen LogP contribution in [0.5, 0.6) is 0 Å². The summed E-state index contributed by atoms with van der Waals surface area (Å²) in [5.41, 5.74) is 0.426. The average Bonchev–Trinajstić information content (AvgIpc) is 2.14. The van der Waals surface area contributed by atoms with Crippen LogP contribution < -0.4 is 5.32 Å². The molecule has 12 heavy (non-hydrogen) atoms. The van der Waals surface area contributed by atoms with Crippen molar-refractivity contribution >= 4 is 0 Å². The molecule has 0 bridgehead atoms. The van der Waals surface area contributed by atoms with Crippen LogP contribution >= 0.6 is 0 Å². The van der Waals surface area contributed by atoms with Crippen LogP contribution in [0.25, 0.3) is 0 Å². The molecule has 0 amide bonds. The first kappa shape index (κ1) is 12.0. The number of nitrogens with one attached hydrogen (secondary N) is 1. The largest absolute Gasteiger partial charge is 0.311 e. The maximum atomic E-state index is 3.68. The molecule has 0 aliphatic rings. The summed E-state index contributed by atoms with van der Waals surface area (Å²) >= 11 is 0. The number of unbranched alkanes of at least 4 members (excludes halogenated alkanes) is 1. The fraction of sp³-hybridized carbons (Fsp3) is 1.00. The van der Waals surface area contributed by atoms with Crippen molar-refractivity contribution in [2.24, 2.45) is 0 Å². The van der Waals surface area contributed by atoms with Crippen LogP contribution in [0.3, 0.4) is 0 Å². The highest BCUT2D eigenvalue weighted by atomic mass is 15.0. The van der Waals surface area contributed by atoms with Crippen LogP contribution in [-0.2, 0) is 0 Å². The smallest absolute Gasteiger partial charge is 0.0173 e. The molecular formula is C11H25N. The molecule has 0 saturated heterocycles. The third kappa shape index (κ3) is 3.57. The Hall–Kier alpha value is -0.0400. The Morgan fingerprint density at radius 1 is 0.917 bits per heavy atom. The minimum atomic E-state index is 0.426. The lowest BCUT2D eigenvalue weighted by Gasteiger charge is -2.32. The van der Waals surface area contributed by atoms with E-state index in [0.29, 0.717) is 5.54 Å².